The van der Waals surface area contributed by atoms with Crippen LogP contribution in [0, 0.1) is 0 Å². The average Bonchev–Trinajstić information content (AvgIpc) is 2.41. The van der Waals surface area contributed by atoms with Gasteiger partial charge in [-0.3, -0.25) is 0 Å². The van der Waals surface area contributed by atoms with E-state index in [4.69, 9.17) is 0 Å². The fraction of sp³-hybridized carbons (Fsp3) is 0.895. The van der Waals surface area contributed by atoms with Crippen LogP contribution in [0.2, 0.25) is 0 Å². The first-order valence-electron chi connectivity index (χ1n) is 9.05. The molecule has 0 rings (SSSR count). The Morgan fingerprint density at radius 1 is 0.714 bits per heavy atom. The zero-order chi connectivity index (χ0) is 15.1. The summed E-state index contributed by atoms with van der Waals surface area (Å²) in [7, 11) is 4.74. The second-order valence-corrected chi connectivity index (χ2v) is 7.00. The molecule has 128 valence electrons. The van der Waals surface area contributed by atoms with Gasteiger partial charge in [0, 0.05) is 0 Å². The summed E-state index contributed by atoms with van der Waals surface area (Å²) in [5.41, 5.74) is 0. The Morgan fingerprint density at radius 3 is 1.62 bits per heavy atom. The number of hydrogen-bond acceptors (Lipinski definition) is 0. The molecule has 0 aliphatic carbocycles. The van der Waals surface area contributed by atoms with Gasteiger partial charge in [-0.2, -0.15) is 0 Å². The number of halogens is 1. The molecule has 0 heterocycles. The van der Waals surface area contributed by atoms with E-state index in [0.717, 1.165) is 0 Å². The van der Waals surface area contributed by atoms with Gasteiger partial charge in [0.1, 0.15) is 0 Å². The third kappa shape index (κ3) is 17.9. The highest BCUT2D eigenvalue weighted by Crippen LogP contribution is 2.12. The molecule has 0 radical (unpaired) electrons. The van der Waals surface area contributed by atoms with Crippen molar-refractivity contribution >= 4 is 0 Å². The van der Waals surface area contributed by atoms with E-state index < -0.39 is 0 Å². The lowest BCUT2D eigenvalue weighted by molar-refractivity contribution is -0.890. The maximum atomic E-state index is 3.80. The number of hydrogen-bond donors (Lipinski definition) is 0. The van der Waals surface area contributed by atoms with Crippen LogP contribution < -0.4 is 12.4 Å². The third-order valence-electron chi connectivity index (χ3n) is 4.29. The van der Waals surface area contributed by atoms with E-state index in [1.54, 1.807) is 0 Å². The minimum Gasteiger partial charge on any atom is -1.00 e. The van der Waals surface area contributed by atoms with Crippen molar-refractivity contribution < 1.29 is 16.9 Å². The Labute approximate surface area is 141 Å². The van der Waals surface area contributed by atoms with Gasteiger partial charge in [0.25, 0.3) is 0 Å². The Kier molecular flexibility index (Phi) is 18.1. The van der Waals surface area contributed by atoms with Crippen LogP contribution in [0.5, 0.6) is 0 Å². The molecule has 0 fully saturated rings. The van der Waals surface area contributed by atoms with E-state index >= 15 is 0 Å². The normalized spacial score (nSPS) is 11.2. The molecule has 0 aliphatic heterocycles. The molecule has 0 aliphatic rings. The first kappa shape index (κ1) is 23.3. The van der Waals surface area contributed by atoms with Crippen molar-refractivity contribution in [3.05, 3.63) is 12.7 Å². The fourth-order valence-corrected chi connectivity index (χ4v) is 2.80. The summed E-state index contributed by atoms with van der Waals surface area (Å²) < 4.78 is 1.19. The van der Waals surface area contributed by atoms with E-state index in [2.05, 4.69) is 27.6 Å². The van der Waals surface area contributed by atoms with Crippen LogP contribution in [0.15, 0.2) is 12.7 Å². The minimum atomic E-state index is 0. The lowest BCUT2D eigenvalue weighted by Crippen LogP contribution is -3.00. The van der Waals surface area contributed by atoms with E-state index in [-0.39, 0.29) is 12.4 Å². The highest BCUT2D eigenvalue weighted by atomic mass is 35.5. The van der Waals surface area contributed by atoms with Crippen molar-refractivity contribution in [3.63, 3.8) is 0 Å². The Bertz CT molecular complexity index is 214. The van der Waals surface area contributed by atoms with Crippen molar-refractivity contribution in [3.8, 4) is 0 Å². The SMILES string of the molecule is C=CCCC[N+](C)(C)CCCCCCCCCCCC.[Cl-]. The molecule has 0 spiro atoms. The fourth-order valence-electron chi connectivity index (χ4n) is 2.80. The molecular weight excluding hydrogens is 278 g/mol. The van der Waals surface area contributed by atoms with Gasteiger partial charge >= 0.3 is 0 Å². The van der Waals surface area contributed by atoms with E-state index in [0.29, 0.717) is 0 Å². The smallest absolute Gasteiger partial charge is 0.0785 e. The topological polar surface area (TPSA) is 0 Å². The molecule has 0 aromatic carbocycles. The number of allylic oxidation sites excluding steroid dienone is 1. The monoisotopic (exact) mass is 317 g/mol. The molecule has 0 aromatic heterocycles. The largest absolute Gasteiger partial charge is 1.00 e. The molecular formula is C19H40ClN. The van der Waals surface area contributed by atoms with Gasteiger partial charge < -0.3 is 16.9 Å². The molecule has 0 bridgehead atoms. The van der Waals surface area contributed by atoms with Crippen LogP contribution in [-0.2, 0) is 0 Å². The summed E-state index contributed by atoms with van der Waals surface area (Å²) in [6.07, 6.45) is 18.8. The molecule has 0 unspecified atom stereocenters. The van der Waals surface area contributed by atoms with E-state index in [1.807, 2.05) is 6.08 Å². The number of nitrogens with zero attached hydrogens (tertiary/aromatic N) is 1. The first-order valence-corrected chi connectivity index (χ1v) is 9.05. The molecule has 0 saturated heterocycles. The highest BCUT2D eigenvalue weighted by molar-refractivity contribution is 4.65. The number of quaternary nitrogens is 1. The van der Waals surface area contributed by atoms with Gasteiger partial charge in [-0.25, -0.2) is 0 Å². The van der Waals surface area contributed by atoms with Crippen LogP contribution in [0.1, 0.15) is 84.0 Å². The second kappa shape index (κ2) is 16.4. The third-order valence-corrected chi connectivity index (χ3v) is 4.29. The summed E-state index contributed by atoms with van der Waals surface area (Å²) >= 11 is 0. The maximum Gasteiger partial charge on any atom is 0.0785 e. The van der Waals surface area contributed by atoms with Gasteiger partial charge in [0.15, 0.2) is 0 Å². The molecule has 0 atom stereocenters. The van der Waals surface area contributed by atoms with Crippen molar-refractivity contribution in [1.82, 2.24) is 0 Å². The lowest BCUT2D eigenvalue weighted by atomic mass is 10.1. The minimum absolute atomic E-state index is 0. The van der Waals surface area contributed by atoms with Gasteiger partial charge in [-0.1, -0.05) is 64.4 Å². The predicted octanol–water partition coefficient (Wildman–Crippen LogP) is 2.95. The highest BCUT2D eigenvalue weighted by Gasteiger charge is 2.12. The standard InChI is InChI=1S/C19H40N.ClH/c1-5-7-9-10-11-12-13-14-15-17-19-20(3,4)18-16-8-6-2;/h6H,2,5,7-19H2,1,3-4H3;1H/q+1;/p-1. The quantitative estimate of drug-likeness (QED) is 0.247. The van der Waals surface area contributed by atoms with Crippen molar-refractivity contribution in [2.24, 2.45) is 0 Å². The Hall–Kier alpha value is -0.0100. The van der Waals surface area contributed by atoms with Gasteiger partial charge in [0.2, 0.25) is 0 Å². The van der Waals surface area contributed by atoms with E-state index in [9.17, 15) is 0 Å². The van der Waals surface area contributed by atoms with Crippen LogP contribution in [-0.4, -0.2) is 31.7 Å². The number of rotatable bonds is 15. The summed E-state index contributed by atoms with van der Waals surface area (Å²) in [5, 5.41) is 0. The first-order chi connectivity index (χ1) is 9.62. The average molecular weight is 318 g/mol. The Balaban J connectivity index is 0. The zero-order valence-electron chi connectivity index (χ0n) is 15.0. The lowest BCUT2D eigenvalue weighted by Gasteiger charge is -2.29. The van der Waals surface area contributed by atoms with Gasteiger partial charge in [0.05, 0.1) is 27.2 Å². The Morgan fingerprint density at radius 2 is 1.14 bits per heavy atom. The molecule has 0 saturated carbocycles. The molecule has 0 N–H and O–H groups in total. The van der Waals surface area contributed by atoms with E-state index in [1.165, 1.54) is 94.6 Å². The summed E-state index contributed by atoms with van der Waals surface area (Å²) in [6, 6.07) is 0. The number of unbranched alkanes of at least 4 members (excludes halogenated alkanes) is 10. The van der Waals surface area contributed by atoms with Crippen molar-refractivity contribution in [2.75, 3.05) is 27.2 Å². The molecule has 2 heteroatoms. The molecule has 0 aromatic rings. The predicted molar refractivity (Wildman–Crippen MR) is 93.1 cm³/mol. The zero-order valence-corrected chi connectivity index (χ0v) is 15.8. The summed E-state index contributed by atoms with van der Waals surface area (Å²) in [5.74, 6) is 0. The van der Waals surface area contributed by atoms with Gasteiger partial charge in [-0.15, -0.1) is 6.58 Å². The molecule has 0 amide bonds. The van der Waals surface area contributed by atoms with Crippen LogP contribution >= 0.6 is 0 Å². The summed E-state index contributed by atoms with van der Waals surface area (Å²) in [6.45, 7) is 8.73. The molecule has 1 nitrogen and oxygen atoms in total. The molecule has 21 heavy (non-hydrogen) atoms. The van der Waals surface area contributed by atoms with Crippen molar-refractivity contribution in [1.29, 1.82) is 0 Å². The second-order valence-electron chi connectivity index (χ2n) is 7.00. The van der Waals surface area contributed by atoms with Crippen LogP contribution in [0.3, 0.4) is 0 Å². The van der Waals surface area contributed by atoms with Gasteiger partial charge in [-0.05, 0) is 25.7 Å². The van der Waals surface area contributed by atoms with Crippen molar-refractivity contribution in [2.45, 2.75) is 84.0 Å². The maximum absolute atomic E-state index is 3.80. The van der Waals surface area contributed by atoms with Crippen LogP contribution in [0.4, 0.5) is 0 Å². The van der Waals surface area contributed by atoms with Crippen LogP contribution in [0.25, 0.3) is 0 Å². The summed E-state index contributed by atoms with van der Waals surface area (Å²) in [4.78, 5) is 0.